The quantitative estimate of drug-likeness (QED) is 0.689. The lowest BCUT2D eigenvalue weighted by molar-refractivity contribution is 0.0690. The molecule has 8 nitrogen and oxygen atoms in total. The van der Waals surface area contributed by atoms with Crippen LogP contribution in [0.15, 0.2) is 6.20 Å². The van der Waals surface area contributed by atoms with E-state index in [1.807, 2.05) is 20.8 Å². The van der Waals surface area contributed by atoms with Crippen LogP contribution >= 0.6 is 0 Å². The van der Waals surface area contributed by atoms with Crippen LogP contribution in [-0.2, 0) is 6.54 Å². The van der Waals surface area contributed by atoms with E-state index in [-0.39, 0.29) is 17.8 Å². The highest BCUT2D eigenvalue weighted by Gasteiger charge is 2.10. The van der Waals surface area contributed by atoms with Crippen molar-refractivity contribution in [2.24, 2.45) is 5.92 Å². The molecule has 0 aliphatic rings. The van der Waals surface area contributed by atoms with Crippen LogP contribution in [0.1, 0.15) is 31.3 Å². The third kappa shape index (κ3) is 4.94. The zero-order valence-corrected chi connectivity index (χ0v) is 11.3. The van der Waals surface area contributed by atoms with E-state index in [1.165, 1.54) is 10.9 Å². The maximum atomic E-state index is 11.5. The number of urea groups is 1. The molecule has 8 heteroatoms. The third-order valence-electron chi connectivity index (χ3n) is 2.74. The number of carboxylic acids is 1. The largest absolute Gasteiger partial charge is 0.476 e. The molecule has 1 unspecified atom stereocenters. The Balaban J connectivity index is 2.29. The number of carbonyl (C=O) groups excluding carboxylic acids is 1. The molecule has 0 aliphatic carbocycles. The molecule has 1 atom stereocenters. The highest BCUT2D eigenvalue weighted by molar-refractivity contribution is 5.84. The van der Waals surface area contributed by atoms with E-state index in [0.717, 1.165) is 0 Å². The number of amides is 2. The summed E-state index contributed by atoms with van der Waals surface area (Å²) in [5.41, 5.74) is -0.113. The Bertz CT molecular complexity index is 443. The number of carbonyl (C=O) groups is 2. The van der Waals surface area contributed by atoms with E-state index in [0.29, 0.717) is 19.0 Å². The summed E-state index contributed by atoms with van der Waals surface area (Å²) in [7, 11) is 0. The minimum Gasteiger partial charge on any atom is -0.476 e. The predicted molar refractivity (Wildman–Crippen MR) is 67.8 cm³/mol. The van der Waals surface area contributed by atoms with Crippen molar-refractivity contribution in [1.82, 2.24) is 25.6 Å². The second-order valence-electron chi connectivity index (χ2n) is 4.60. The Morgan fingerprint density at radius 1 is 1.42 bits per heavy atom. The Morgan fingerprint density at radius 2 is 2.11 bits per heavy atom. The van der Waals surface area contributed by atoms with Gasteiger partial charge in [0.1, 0.15) is 0 Å². The van der Waals surface area contributed by atoms with Gasteiger partial charge in [0.2, 0.25) is 0 Å². The van der Waals surface area contributed by atoms with E-state index in [1.54, 1.807) is 0 Å². The van der Waals surface area contributed by atoms with Crippen molar-refractivity contribution < 1.29 is 14.7 Å². The predicted octanol–water partition coefficient (Wildman–Crippen LogP) is 0.320. The zero-order chi connectivity index (χ0) is 14.4. The maximum Gasteiger partial charge on any atom is 0.358 e. The maximum absolute atomic E-state index is 11.5. The van der Waals surface area contributed by atoms with Gasteiger partial charge in [-0.1, -0.05) is 19.1 Å². The Labute approximate surface area is 111 Å². The highest BCUT2D eigenvalue weighted by atomic mass is 16.4. The molecule has 0 saturated heterocycles. The number of nitrogens with zero attached hydrogens (tertiary/aromatic N) is 3. The number of rotatable bonds is 6. The van der Waals surface area contributed by atoms with E-state index in [9.17, 15) is 9.59 Å². The van der Waals surface area contributed by atoms with Crippen molar-refractivity contribution in [3.05, 3.63) is 11.9 Å². The van der Waals surface area contributed by atoms with Crippen LogP contribution in [-0.4, -0.2) is 44.7 Å². The lowest BCUT2D eigenvalue weighted by Gasteiger charge is -2.17. The van der Waals surface area contributed by atoms with Crippen LogP contribution in [0.25, 0.3) is 0 Å². The SMILES string of the molecule is CC(C)C(C)NC(=O)NCCn1cc(C(=O)O)nn1. The van der Waals surface area contributed by atoms with Gasteiger partial charge in [0.25, 0.3) is 0 Å². The van der Waals surface area contributed by atoms with Gasteiger partial charge in [-0.2, -0.15) is 0 Å². The Morgan fingerprint density at radius 3 is 2.63 bits per heavy atom. The lowest BCUT2D eigenvalue weighted by Crippen LogP contribution is -2.43. The molecule has 0 spiro atoms. The summed E-state index contributed by atoms with van der Waals surface area (Å²) in [5, 5.41) is 21.2. The number of aromatic nitrogens is 3. The molecule has 0 aliphatic heterocycles. The fraction of sp³-hybridized carbons (Fsp3) is 0.636. The Kier molecular flexibility index (Phi) is 5.28. The van der Waals surface area contributed by atoms with E-state index < -0.39 is 5.97 Å². The summed E-state index contributed by atoms with van der Waals surface area (Å²) in [6, 6.07) is -0.162. The monoisotopic (exact) mass is 269 g/mol. The molecule has 3 N–H and O–H groups in total. The summed E-state index contributed by atoms with van der Waals surface area (Å²) in [6.07, 6.45) is 1.32. The molecule has 1 aromatic heterocycles. The van der Waals surface area contributed by atoms with Crippen LogP contribution in [0.4, 0.5) is 4.79 Å². The first-order chi connectivity index (χ1) is 8.90. The first-order valence-corrected chi connectivity index (χ1v) is 6.08. The van der Waals surface area contributed by atoms with Crippen molar-refractivity contribution >= 4 is 12.0 Å². The fourth-order valence-corrected chi connectivity index (χ4v) is 1.21. The van der Waals surface area contributed by atoms with Gasteiger partial charge in [0.05, 0.1) is 12.7 Å². The van der Waals surface area contributed by atoms with Gasteiger partial charge >= 0.3 is 12.0 Å². The molecule has 19 heavy (non-hydrogen) atoms. The van der Waals surface area contributed by atoms with E-state index in [4.69, 9.17) is 5.11 Å². The molecule has 2 amide bonds. The summed E-state index contributed by atoms with van der Waals surface area (Å²) >= 11 is 0. The normalized spacial score (nSPS) is 12.2. The van der Waals surface area contributed by atoms with Crippen LogP contribution in [0.2, 0.25) is 0 Å². The fourth-order valence-electron chi connectivity index (χ4n) is 1.21. The number of hydrogen-bond acceptors (Lipinski definition) is 4. The third-order valence-corrected chi connectivity index (χ3v) is 2.74. The van der Waals surface area contributed by atoms with E-state index >= 15 is 0 Å². The minimum absolute atomic E-state index is 0.0879. The minimum atomic E-state index is -1.12. The van der Waals surface area contributed by atoms with Gasteiger partial charge in [-0.05, 0) is 12.8 Å². The molecular formula is C11H19N5O3. The van der Waals surface area contributed by atoms with Crippen LogP contribution in [0, 0.1) is 5.92 Å². The molecule has 1 aromatic rings. The van der Waals surface area contributed by atoms with Gasteiger partial charge in [-0.25, -0.2) is 14.3 Å². The molecule has 0 radical (unpaired) electrons. The lowest BCUT2D eigenvalue weighted by atomic mass is 10.1. The summed E-state index contributed by atoms with van der Waals surface area (Å²) in [6.45, 7) is 6.69. The van der Waals surface area contributed by atoms with Crippen LogP contribution in [0.5, 0.6) is 0 Å². The number of aromatic carboxylic acids is 1. The summed E-state index contributed by atoms with van der Waals surface area (Å²) < 4.78 is 1.37. The standard InChI is InChI=1S/C11H19N5O3/c1-7(2)8(3)13-11(19)12-4-5-16-6-9(10(17)18)14-15-16/h6-8H,4-5H2,1-3H3,(H,17,18)(H2,12,13,19). The van der Waals surface area contributed by atoms with Crippen molar-refractivity contribution in [2.45, 2.75) is 33.4 Å². The molecule has 1 rings (SSSR count). The molecule has 1 heterocycles. The van der Waals surface area contributed by atoms with Gasteiger partial charge in [0.15, 0.2) is 5.69 Å². The number of nitrogens with one attached hydrogen (secondary N) is 2. The molecule has 106 valence electrons. The summed E-state index contributed by atoms with van der Waals surface area (Å²) in [4.78, 5) is 22.1. The first-order valence-electron chi connectivity index (χ1n) is 6.08. The second kappa shape index (κ2) is 6.72. The van der Waals surface area contributed by atoms with Gasteiger partial charge < -0.3 is 15.7 Å². The number of hydrogen-bond donors (Lipinski definition) is 3. The second-order valence-corrected chi connectivity index (χ2v) is 4.60. The number of carboxylic acid groups (broad SMARTS) is 1. The van der Waals surface area contributed by atoms with Gasteiger partial charge in [-0.3, -0.25) is 0 Å². The molecule has 0 bridgehead atoms. The molecule has 0 aromatic carbocycles. The van der Waals surface area contributed by atoms with Crippen molar-refractivity contribution in [3.8, 4) is 0 Å². The average molecular weight is 269 g/mol. The van der Waals surface area contributed by atoms with E-state index in [2.05, 4.69) is 20.9 Å². The van der Waals surface area contributed by atoms with Crippen molar-refractivity contribution in [1.29, 1.82) is 0 Å². The topological polar surface area (TPSA) is 109 Å². The van der Waals surface area contributed by atoms with Crippen LogP contribution in [0.3, 0.4) is 0 Å². The molecule has 0 fully saturated rings. The van der Waals surface area contributed by atoms with Crippen molar-refractivity contribution in [3.63, 3.8) is 0 Å². The average Bonchev–Trinajstić information content (AvgIpc) is 2.77. The Hall–Kier alpha value is -2.12. The molecular weight excluding hydrogens is 250 g/mol. The smallest absolute Gasteiger partial charge is 0.358 e. The first kappa shape index (κ1) is 14.9. The summed E-state index contributed by atoms with van der Waals surface area (Å²) in [5.74, 6) is -0.762. The van der Waals surface area contributed by atoms with Gasteiger partial charge in [-0.15, -0.1) is 5.10 Å². The van der Waals surface area contributed by atoms with Gasteiger partial charge in [0, 0.05) is 12.6 Å². The van der Waals surface area contributed by atoms with Crippen LogP contribution < -0.4 is 10.6 Å². The van der Waals surface area contributed by atoms with Crippen molar-refractivity contribution in [2.75, 3.05) is 6.54 Å². The highest BCUT2D eigenvalue weighted by Crippen LogP contribution is 1.98. The zero-order valence-electron chi connectivity index (χ0n) is 11.3. The molecule has 0 saturated carbocycles.